The molecule has 8 aromatic carbocycles. The van der Waals surface area contributed by atoms with Gasteiger partial charge in [-0.05, 0) is 126 Å². The van der Waals surface area contributed by atoms with Gasteiger partial charge in [0.05, 0.1) is 56.9 Å². The average molecular weight is 847 g/mol. The topological polar surface area (TPSA) is 40.8 Å². The van der Waals surface area contributed by atoms with Crippen molar-refractivity contribution in [1.82, 2.24) is 18.7 Å². The lowest BCUT2D eigenvalue weighted by molar-refractivity contribution is 0.669. The van der Waals surface area contributed by atoms with Crippen molar-refractivity contribution in [3.05, 3.63) is 188 Å². The van der Waals surface area contributed by atoms with Crippen LogP contribution in [-0.2, 0) is 0 Å². The zero-order chi connectivity index (χ0) is 43.3. The minimum atomic E-state index is -0.874. The molecule has 5 nitrogen and oxygen atoms in total. The molecule has 6 heteroatoms. The molecule has 0 radical (unpaired) electrons. The molecule has 0 aliphatic carbocycles. The lowest BCUT2D eigenvalue weighted by Crippen LogP contribution is -1.99. The van der Waals surface area contributed by atoms with E-state index in [2.05, 4.69) is 208 Å². The number of benzene rings is 8. The highest BCUT2D eigenvalue weighted by Crippen LogP contribution is 2.47. The molecule has 0 spiro atoms. The second-order valence-corrected chi connectivity index (χ2v) is 21.4. The van der Waals surface area contributed by atoms with Crippen LogP contribution in [0.15, 0.2) is 198 Å². The third kappa shape index (κ3) is 5.75. The van der Waals surface area contributed by atoms with E-state index in [0.717, 1.165) is 61.2 Å². The molecule has 0 saturated carbocycles. The Bertz CT molecular complexity index is 3930. The van der Waals surface area contributed by atoms with Gasteiger partial charge in [-0.15, -0.1) is 0 Å². The summed E-state index contributed by atoms with van der Waals surface area (Å²) in [6, 6.07) is 64.1. The first-order chi connectivity index (χ1) is 31.4. The molecular formula is C58H46N4OS. The van der Waals surface area contributed by atoms with Gasteiger partial charge < -0.3 is 18.1 Å². The van der Waals surface area contributed by atoms with Gasteiger partial charge in [0, 0.05) is 48.8 Å². The summed E-state index contributed by atoms with van der Waals surface area (Å²) in [7, 11) is -0.874. The predicted molar refractivity (Wildman–Crippen MR) is 275 cm³/mol. The predicted octanol–water partition coefficient (Wildman–Crippen LogP) is 16.0. The summed E-state index contributed by atoms with van der Waals surface area (Å²) < 4.78 is 13.6. The van der Waals surface area contributed by atoms with E-state index in [9.17, 15) is 0 Å². The van der Waals surface area contributed by atoms with Gasteiger partial charge in [-0.25, -0.2) is 10.0 Å². The van der Waals surface area contributed by atoms with E-state index in [1.807, 2.05) is 26.2 Å². The Morgan fingerprint density at radius 3 is 1.31 bits per heavy atom. The number of fused-ring (bicyclic) bond motifs is 12. The van der Waals surface area contributed by atoms with Gasteiger partial charge in [0.15, 0.2) is 0 Å². The van der Waals surface area contributed by atoms with Crippen molar-refractivity contribution in [2.24, 2.45) is 0 Å². The number of nitrogens with zero attached hydrogens (tertiary/aromatic N) is 4. The van der Waals surface area contributed by atoms with Crippen LogP contribution in [0.5, 0.6) is 0 Å². The number of hydrogen-bond acceptors (Lipinski definition) is 2. The minimum Gasteiger partial charge on any atom is -0.456 e. The molecule has 0 saturated heterocycles. The highest BCUT2D eigenvalue weighted by molar-refractivity contribution is 8.32. The lowest BCUT2D eigenvalue weighted by Gasteiger charge is -2.25. The number of hydrogen-bond donors (Lipinski definition) is 0. The highest BCUT2D eigenvalue weighted by Gasteiger charge is 2.19. The van der Waals surface area contributed by atoms with E-state index in [0.29, 0.717) is 0 Å². The molecule has 0 N–H and O–H groups in total. The normalized spacial score (nSPS) is 12.4. The van der Waals surface area contributed by atoms with Crippen LogP contribution in [0, 0.1) is 0 Å². The van der Waals surface area contributed by atoms with Gasteiger partial charge in [-0.2, -0.15) is 0 Å². The fraction of sp³-hybridized carbons (Fsp3) is 0.0862. The zero-order valence-corrected chi connectivity index (χ0v) is 37.3. The third-order valence-electron chi connectivity index (χ3n) is 12.9. The molecule has 5 aromatic heterocycles. The number of furan rings is 1. The fourth-order valence-electron chi connectivity index (χ4n) is 9.99. The van der Waals surface area contributed by atoms with Crippen LogP contribution in [0.2, 0.25) is 0 Å². The highest BCUT2D eigenvalue weighted by atomic mass is 32.3. The summed E-state index contributed by atoms with van der Waals surface area (Å²) in [6.07, 6.45) is 11.0. The number of aromatic nitrogens is 4. The Morgan fingerprint density at radius 1 is 0.359 bits per heavy atom. The first kappa shape index (κ1) is 38.2. The molecule has 0 aliphatic heterocycles. The maximum Gasteiger partial charge on any atom is 0.135 e. The Morgan fingerprint density at radius 2 is 0.766 bits per heavy atom. The number of rotatable bonds is 5. The van der Waals surface area contributed by atoms with Gasteiger partial charge in [-0.1, -0.05) is 98.8 Å². The SMILES string of the molecule is CC.CS(C)(C)c1ccc2c(c1)c1ccccc1n2-c1ccc2oc3ccc(-c4ccc5c(c4)c4ccccc4n5-c4cncc(-n5c6ccccc6c6ccccc65)c4)cc3c2c1. The van der Waals surface area contributed by atoms with Gasteiger partial charge in [-0.3, -0.25) is 4.98 Å². The first-order valence-corrected chi connectivity index (χ1v) is 24.9. The molecule has 0 atom stereocenters. The van der Waals surface area contributed by atoms with Crippen LogP contribution in [0.25, 0.3) is 116 Å². The fourth-order valence-corrected chi connectivity index (χ4v) is 10.9. The van der Waals surface area contributed by atoms with Crippen LogP contribution in [0.3, 0.4) is 0 Å². The van der Waals surface area contributed by atoms with Gasteiger partial charge >= 0.3 is 0 Å². The van der Waals surface area contributed by atoms with Crippen LogP contribution in [-0.4, -0.2) is 37.5 Å². The zero-order valence-electron chi connectivity index (χ0n) is 36.5. The van der Waals surface area contributed by atoms with Crippen LogP contribution < -0.4 is 0 Å². The lowest BCUT2D eigenvalue weighted by atomic mass is 10.0. The van der Waals surface area contributed by atoms with Crippen molar-refractivity contribution < 1.29 is 4.42 Å². The summed E-state index contributed by atoms with van der Waals surface area (Å²) in [5.74, 6) is 0. The van der Waals surface area contributed by atoms with Crippen molar-refractivity contribution in [2.75, 3.05) is 18.8 Å². The van der Waals surface area contributed by atoms with Crippen molar-refractivity contribution in [3.8, 4) is 28.2 Å². The molecule has 13 rings (SSSR count). The van der Waals surface area contributed by atoms with E-state index in [1.54, 1.807) is 0 Å². The molecule has 13 aromatic rings. The monoisotopic (exact) mass is 846 g/mol. The maximum absolute atomic E-state index is 6.49. The maximum atomic E-state index is 6.49. The van der Waals surface area contributed by atoms with Crippen molar-refractivity contribution in [1.29, 1.82) is 0 Å². The average Bonchev–Trinajstić information content (AvgIpc) is 4.07. The standard InChI is InChI=1S/C56H40N4OS.C2H6/c1-62(2,3)40-23-25-54-46(32-40)44-15-7-10-18-51(44)58(54)37-22-27-56-48(31-37)47-29-36(21-26-55(47)61-56)35-20-24-53-45(28-35)43-14-6-11-19-52(43)60(53)39-30-38(33-57-34-39)59-49-16-8-4-12-41(49)42-13-5-9-17-50(42)59;1-2/h4-34H,1-3H3;1-2H3. The number of para-hydroxylation sites is 4. The minimum absolute atomic E-state index is 0.874. The van der Waals surface area contributed by atoms with Gasteiger partial charge in [0.1, 0.15) is 11.2 Å². The molecule has 0 amide bonds. The Labute approximate surface area is 372 Å². The van der Waals surface area contributed by atoms with Crippen molar-refractivity contribution in [2.45, 2.75) is 18.7 Å². The van der Waals surface area contributed by atoms with E-state index >= 15 is 0 Å². The van der Waals surface area contributed by atoms with Crippen molar-refractivity contribution in [3.63, 3.8) is 0 Å². The quantitative estimate of drug-likeness (QED) is 0.173. The second-order valence-electron chi connectivity index (χ2n) is 17.2. The third-order valence-corrected chi connectivity index (χ3v) is 14.5. The van der Waals surface area contributed by atoms with E-state index < -0.39 is 10.0 Å². The summed E-state index contributed by atoms with van der Waals surface area (Å²) in [5.41, 5.74) is 14.3. The Balaban J connectivity index is 0.00000214. The van der Waals surface area contributed by atoms with Crippen LogP contribution in [0.1, 0.15) is 13.8 Å². The van der Waals surface area contributed by atoms with E-state index in [4.69, 9.17) is 9.40 Å². The number of pyridine rings is 1. The summed E-state index contributed by atoms with van der Waals surface area (Å²) in [5, 5.41) is 9.65. The second kappa shape index (κ2) is 14.5. The molecule has 0 fully saturated rings. The van der Waals surface area contributed by atoms with Crippen molar-refractivity contribution >= 4 is 97.4 Å². The smallest absolute Gasteiger partial charge is 0.135 e. The molecule has 0 aliphatic rings. The summed E-state index contributed by atoms with van der Waals surface area (Å²) >= 11 is 0. The molecule has 0 unspecified atom stereocenters. The largest absolute Gasteiger partial charge is 0.456 e. The molecule has 0 bridgehead atoms. The van der Waals surface area contributed by atoms with E-state index in [-0.39, 0.29) is 0 Å². The van der Waals surface area contributed by atoms with E-state index in [1.165, 1.54) is 59.3 Å². The summed E-state index contributed by atoms with van der Waals surface area (Å²) in [6.45, 7) is 4.00. The van der Waals surface area contributed by atoms with Gasteiger partial charge in [0.25, 0.3) is 0 Å². The summed E-state index contributed by atoms with van der Waals surface area (Å²) in [4.78, 5) is 6.27. The van der Waals surface area contributed by atoms with Crippen LogP contribution in [0.4, 0.5) is 0 Å². The molecule has 310 valence electrons. The molecule has 64 heavy (non-hydrogen) atoms. The first-order valence-electron chi connectivity index (χ1n) is 22.0. The Kier molecular flexibility index (Phi) is 8.65. The van der Waals surface area contributed by atoms with Gasteiger partial charge in [0.2, 0.25) is 0 Å². The Hall–Kier alpha value is -7.54. The molecule has 5 heterocycles. The molecular weight excluding hydrogens is 801 g/mol. The van der Waals surface area contributed by atoms with Crippen LogP contribution >= 0.6 is 10.0 Å².